The minimum atomic E-state index is 0.0266. The third-order valence-electron chi connectivity index (χ3n) is 2.86. The van der Waals surface area contributed by atoms with Crippen LogP contribution >= 0.6 is 0 Å². The van der Waals surface area contributed by atoms with Crippen LogP contribution in [0, 0.1) is 6.92 Å². The highest BCUT2D eigenvalue weighted by molar-refractivity contribution is 5.95. The second kappa shape index (κ2) is 5.45. The molecule has 3 nitrogen and oxygen atoms in total. The summed E-state index contributed by atoms with van der Waals surface area (Å²) in [4.78, 5) is 18.0. The van der Waals surface area contributed by atoms with E-state index in [0.717, 1.165) is 11.1 Å². The fourth-order valence-electron chi connectivity index (χ4n) is 1.85. The summed E-state index contributed by atoms with van der Waals surface area (Å²) in [6.07, 6.45) is 3.36. The number of aryl methyl sites for hydroxylation is 1. The minimum Gasteiger partial charge on any atom is -0.337 e. The van der Waals surface area contributed by atoms with Crippen molar-refractivity contribution in [3.63, 3.8) is 0 Å². The SMILES string of the molecule is Cc1cnccc1C(=O)N(C)Cc1ccccc1. The predicted octanol–water partition coefficient (Wildman–Crippen LogP) is 2.66. The van der Waals surface area contributed by atoms with Crippen molar-refractivity contribution in [1.82, 2.24) is 9.88 Å². The molecule has 0 atom stereocenters. The molecule has 0 aliphatic rings. The topological polar surface area (TPSA) is 33.2 Å². The number of rotatable bonds is 3. The molecule has 0 aliphatic heterocycles. The van der Waals surface area contributed by atoms with Crippen molar-refractivity contribution < 1.29 is 4.79 Å². The second-order valence-corrected chi connectivity index (χ2v) is 4.34. The van der Waals surface area contributed by atoms with E-state index in [-0.39, 0.29) is 5.91 Å². The Morgan fingerprint density at radius 2 is 1.94 bits per heavy atom. The highest BCUT2D eigenvalue weighted by atomic mass is 16.2. The van der Waals surface area contributed by atoms with Crippen molar-refractivity contribution in [2.45, 2.75) is 13.5 Å². The lowest BCUT2D eigenvalue weighted by Gasteiger charge is -2.18. The lowest BCUT2D eigenvalue weighted by molar-refractivity contribution is 0.0784. The van der Waals surface area contributed by atoms with Gasteiger partial charge in [0.05, 0.1) is 0 Å². The molecule has 0 spiro atoms. The first-order valence-corrected chi connectivity index (χ1v) is 5.88. The number of hydrogen-bond acceptors (Lipinski definition) is 2. The number of carbonyl (C=O) groups excluding carboxylic acids is 1. The van der Waals surface area contributed by atoms with E-state index in [1.165, 1.54) is 0 Å². The molecule has 1 aromatic heterocycles. The zero-order valence-electron chi connectivity index (χ0n) is 10.6. The third-order valence-corrected chi connectivity index (χ3v) is 2.86. The highest BCUT2D eigenvalue weighted by Gasteiger charge is 2.13. The van der Waals surface area contributed by atoms with Gasteiger partial charge in [-0.3, -0.25) is 9.78 Å². The summed E-state index contributed by atoms with van der Waals surface area (Å²) in [6, 6.07) is 11.7. The van der Waals surface area contributed by atoms with Gasteiger partial charge in [-0.15, -0.1) is 0 Å². The van der Waals surface area contributed by atoms with Crippen molar-refractivity contribution in [3.8, 4) is 0 Å². The van der Waals surface area contributed by atoms with Crippen molar-refractivity contribution in [2.75, 3.05) is 7.05 Å². The molecule has 0 unspecified atom stereocenters. The molecule has 0 radical (unpaired) electrons. The smallest absolute Gasteiger partial charge is 0.254 e. The van der Waals surface area contributed by atoms with Crippen LogP contribution < -0.4 is 0 Å². The average Bonchev–Trinajstić information content (AvgIpc) is 2.39. The van der Waals surface area contributed by atoms with Crippen LogP contribution in [0.4, 0.5) is 0 Å². The van der Waals surface area contributed by atoms with Gasteiger partial charge in [0.25, 0.3) is 5.91 Å². The summed E-state index contributed by atoms with van der Waals surface area (Å²) in [7, 11) is 1.81. The fourth-order valence-corrected chi connectivity index (χ4v) is 1.85. The zero-order chi connectivity index (χ0) is 13.0. The van der Waals surface area contributed by atoms with Crippen molar-refractivity contribution in [2.24, 2.45) is 0 Å². The molecule has 2 rings (SSSR count). The second-order valence-electron chi connectivity index (χ2n) is 4.34. The Kier molecular flexibility index (Phi) is 3.72. The van der Waals surface area contributed by atoms with Crippen LogP contribution in [0.15, 0.2) is 48.8 Å². The van der Waals surface area contributed by atoms with E-state index in [0.29, 0.717) is 12.1 Å². The molecule has 0 bridgehead atoms. The third kappa shape index (κ3) is 2.74. The van der Waals surface area contributed by atoms with Crippen molar-refractivity contribution in [3.05, 3.63) is 65.5 Å². The van der Waals surface area contributed by atoms with Gasteiger partial charge in [-0.1, -0.05) is 30.3 Å². The van der Waals surface area contributed by atoms with Gasteiger partial charge in [-0.25, -0.2) is 0 Å². The normalized spacial score (nSPS) is 10.1. The molecule has 1 amide bonds. The molecular weight excluding hydrogens is 224 g/mol. The highest BCUT2D eigenvalue weighted by Crippen LogP contribution is 2.11. The number of amides is 1. The van der Waals surface area contributed by atoms with Gasteiger partial charge < -0.3 is 4.90 Å². The largest absolute Gasteiger partial charge is 0.337 e. The molecule has 2 aromatic rings. The minimum absolute atomic E-state index is 0.0266. The molecule has 3 heteroatoms. The molecule has 18 heavy (non-hydrogen) atoms. The molecule has 0 saturated heterocycles. The van der Waals surface area contributed by atoms with Gasteiger partial charge in [0.2, 0.25) is 0 Å². The zero-order valence-corrected chi connectivity index (χ0v) is 10.6. The first-order chi connectivity index (χ1) is 8.68. The molecule has 0 saturated carbocycles. The van der Waals surface area contributed by atoms with Crippen LogP contribution in [0.3, 0.4) is 0 Å². The van der Waals surface area contributed by atoms with Gasteiger partial charge in [-0.05, 0) is 24.1 Å². The summed E-state index contributed by atoms with van der Waals surface area (Å²) in [5.41, 5.74) is 2.74. The van der Waals surface area contributed by atoms with Gasteiger partial charge in [0.1, 0.15) is 0 Å². The Morgan fingerprint density at radius 1 is 1.22 bits per heavy atom. The lowest BCUT2D eigenvalue weighted by Crippen LogP contribution is -2.26. The van der Waals surface area contributed by atoms with E-state index in [4.69, 9.17) is 0 Å². The number of carbonyl (C=O) groups is 1. The quantitative estimate of drug-likeness (QED) is 0.826. The molecular formula is C15H16N2O. The van der Waals surface area contributed by atoms with Gasteiger partial charge in [-0.2, -0.15) is 0 Å². The summed E-state index contributed by atoms with van der Waals surface area (Å²) in [6.45, 7) is 2.51. The Morgan fingerprint density at radius 3 is 2.61 bits per heavy atom. The van der Waals surface area contributed by atoms with Crippen LogP contribution in [-0.4, -0.2) is 22.8 Å². The first-order valence-electron chi connectivity index (χ1n) is 5.88. The standard InChI is InChI=1S/C15H16N2O/c1-12-10-16-9-8-14(12)15(18)17(2)11-13-6-4-3-5-7-13/h3-10H,11H2,1-2H3. The predicted molar refractivity (Wildman–Crippen MR) is 71.2 cm³/mol. The van der Waals surface area contributed by atoms with Crippen LogP contribution in [-0.2, 0) is 6.54 Å². The Balaban J connectivity index is 2.13. The molecule has 1 heterocycles. The number of aromatic nitrogens is 1. The summed E-state index contributed by atoms with van der Waals surface area (Å²) in [5, 5.41) is 0. The molecule has 0 aliphatic carbocycles. The maximum absolute atomic E-state index is 12.3. The van der Waals surface area contributed by atoms with Crippen LogP contribution in [0.1, 0.15) is 21.5 Å². The molecule has 1 aromatic carbocycles. The van der Waals surface area contributed by atoms with Crippen LogP contribution in [0.2, 0.25) is 0 Å². The summed E-state index contributed by atoms with van der Waals surface area (Å²) in [5.74, 6) is 0.0266. The van der Waals surface area contributed by atoms with Crippen molar-refractivity contribution in [1.29, 1.82) is 0 Å². The van der Waals surface area contributed by atoms with Gasteiger partial charge in [0.15, 0.2) is 0 Å². The summed E-state index contributed by atoms with van der Waals surface area (Å²) >= 11 is 0. The summed E-state index contributed by atoms with van der Waals surface area (Å²) < 4.78 is 0. The number of hydrogen-bond donors (Lipinski definition) is 0. The number of benzene rings is 1. The van der Waals surface area contributed by atoms with E-state index in [9.17, 15) is 4.79 Å². The number of nitrogens with zero attached hydrogens (tertiary/aromatic N) is 2. The maximum atomic E-state index is 12.3. The lowest BCUT2D eigenvalue weighted by atomic mass is 10.1. The van der Waals surface area contributed by atoms with E-state index in [2.05, 4.69) is 4.98 Å². The molecule has 0 N–H and O–H groups in total. The van der Waals surface area contributed by atoms with Crippen LogP contribution in [0.5, 0.6) is 0 Å². The van der Waals surface area contributed by atoms with Crippen LogP contribution in [0.25, 0.3) is 0 Å². The Labute approximate surface area is 107 Å². The van der Waals surface area contributed by atoms with E-state index in [1.807, 2.05) is 44.3 Å². The van der Waals surface area contributed by atoms with E-state index < -0.39 is 0 Å². The van der Waals surface area contributed by atoms with Gasteiger partial charge >= 0.3 is 0 Å². The van der Waals surface area contributed by atoms with E-state index >= 15 is 0 Å². The Bertz CT molecular complexity index is 537. The average molecular weight is 240 g/mol. The fraction of sp³-hybridized carbons (Fsp3) is 0.200. The van der Waals surface area contributed by atoms with Crippen molar-refractivity contribution >= 4 is 5.91 Å². The van der Waals surface area contributed by atoms with E-state index in [1.54, 1.807) is 23.4 Å². The van der Waals surface area contributed by atoms with Gasteiger partial charge in [0, 0.05) is 31.5 Å². The Hall–Kier alpha value is -2.16. The number of pyridine rings is 1. The molecule has 92 valence electrons. The monoisotopic (exact) mass is 240 g/mol. The molecule has 0 fully saturated rings. The maximum Gasteiger partial charge on any atom is 0.254 e. The first kappa shape index (κ1) is 12.3.